The number of nitrogens with one attached hydrogen (secondary N) is 1. The summed E-state index contributed by atoms with van der Waals surface area (Å²) < 4.78 is 5.99. The molecule has 0 saturated carbocycles. The van der Waals surface area contributed by atoms with Crippen LogP contribution in [0.15, 0.2) is 60.7 Å². The van der Waals surface area contributed by atoms with Gasteiger partial charge in [0, 0.05) is 32.2 Å². The van der Waals surface area contributed by atoms with Crippen molar-refractivity contribution >= 4 is 46.4 Å². The third-order valence-corrected chi connectivity index (χ3v) is 5.31. The van der Waals surface area contributed by atoms with Crippen molar-refractivity contribution in [2.45, 2.75) is 19.6 Å². The minimum absolute atomic E-state index is 0.464. The van der Waals surface area contributed by atoms with E-state index in [9.17, 15) is 0 Å². The molecular weight excluding hydrogens is 436 g/mol. The smallest absolute Gasteiger partial charge is 0.124 e. The Bertz CT molecular complexity index is 928. The molecule has 28 heavy (non-hydrogen) atoms. The molecule has 3 aromatic carbocycles. The number of benzene rings is 3. The molecule has 0 heterocycles. The van der Waals surface area contributed by atoms with E-state index in [2.05, 4.69) is 5.32 Å². The van der Waals surface area contributed by atoms with Crippen LogP contribution in [-0.2, 0) is 19.6 Å². The Kier molecular flexibility index (Phi) is 7.90. The molecule has 0 aliphatic carbocycles. The van der Waals surface area contributed by atoms with Crippen LogP contribution >= 0.6 is 46.4 Å². The summed E-state index contributed by atoms with van der Waals surface area (Å²) in [4.78, 5) is 0. The van der Waals surface area contributed by atoms with Gasteiger partial charge in [-0.15, -0.1) is 0 Å². The fourth-order valence-corrected chi connectivity index (χ4v) is 3.56. The second-order valence-corrected chi connectivity index (χ2v) is 8.05. The highest BCUT2D eigenvalue weighted by molar-refractivity contribution is 6.35. The lowest BCUT2D eigenvalue weighted by Crippen LogP contribution is -2.17. The van der Waals surface area contributed by atoms with Crippen LogP contribution in [0.25, 0.3) is 0 Å². The molecule has 2 nitrogen and oxygen atoms in total. The normalized spacial score (nSPS) is 10.9. The number of hydrogen-bond donors (Lipinski definition) is 1. The third kappa shape index (κ3) is 6.30. The van der Waals surface area contributed by atoms with Crippen LogP contribution in [0.2, 0.25) is 20.1 Å². The zero-order valence-corrected chi connectivity index (χ0v) is 18.0. The molecule has 0 saturated heterocycles. The summed E-state index contributed by atoms with van der Waals surface area (Å²) in [6.07, 6.45) is 0.803. The molecule has 0 spiro atoms. The molecule has 0 amide bonds. The molecule has 0 radical (unpaired) electrons. The van der Waals surface area contributed by atoms with Gasteiger partial charge in [-0.2, -0.15) is 0 Å². The second-order valence-electron chi connectivity index (χ2n) is 6.33. The van der Waals surface area contributed by atoms with E-state index in [0.717, 1.165) is 35.4 Å². The van der Waals surface area contributed by atoms with Crippen LogP contribution in [0.1, 0.15) is 16.7 Å². The Balaban J connectivity index is 1.56. The first-order chi connectivity index (χ1) is 13.5. The molecule has 0 aliphatic rings. The van der Waals surface area contributed by atoms with Gasteiger partial charge in [0.05, 0.1) is 0 Å². The molecule has 0 atom stereocenters. The summed E-state index contributed by atoms with van der Waals surface area (Å²) in [5.74, 6) is 0.802. The zero-order chi connectivity index (χ0) is 19.9. The van der Waals surface area contributed by atoms with E-state index >= 15 is 0 Å². The van der Waals surface area contributed by atoms with Gasteiger partial charge in [-0.25, -0.2) is 0 Å². The predicted molar refractivity (Wildman–Crippen MR) is 119 cm³/mol. The summed E-state index contributed by atoms with van der Waals surface area (Å²) in [7, 11) is 0. The number of hydrogen-bond acceptors (Lipinski definition) is 2. The third-order valence-electron chi connectivity index (χ3n) is 4.23. The van der Waals surface area contributed by atoms with Crippen molar-refractivity contribution in [1.29, 1.82) is 0 Å². The Morgan fingerprint density at radius 2 is 1.39 bits per heavy atom. The van der Waals surface area contributed by atoms with E-state index in [1.807, 2.05) is 54.6 Å². The lowest BCUT2D eigenvalue weighted by atomic mass is 10.1. The zero-order valence-electron chi connectivity index (χ0n) is 15.0. The highest BCUT2D eigenvalue weighted by atomic mass is 35.5. The van der Waals surface area contributed by atoms with Gasteiger partial charge < -0.3 is 10.1 Å². The first-order valence-corrected chi connectivity index (χ1v) is 10.3. The number of rotatable bonds is 8. The summed E-state index contributed by atoms with van der Waals surface area (Å²) in [5.41, 5.74) is 3.11. The van der Waals surface area contributed by atoms with Crippen LogP contribution < -0.4 is 10.1 Å². The van der Waals surface area contributed by atoms with Gasteiger partial charge in [0.25, 0.3) is 0 Å². The lowest BCUT2D eigenvalue weighted by Gasteiger charge is -2.13. The van der Waals surface area contributed by atoms with E-state index < -0.39 is 0 Å². The molecular formula is C22H19Cl4NO. The molecule has 3 rings (SSSR count). The molecule has 0 unspecified atom stereocenters. The van der Waals surface area contributed by atoms with Crippen molar-refractivity contribution in [2.75, 3.05) is 6.54 Å². The molecule has 0 bridgehead atoms. The maximum atomic E-state index is 6.22. The van der Waals surface area contributed by atoms with Crippen LogP contribution in [0.4, 0.5) is 0 Å². The Labute approximate surface area is 185 Å². The molecule has 3 aromatic rings. The Morgan fingerprint density at radius 3 is 2.14 bits per heavy atom. The summed E-state index contributed by atoms with van der Waals surface area (Å²) in [5, 5.41) is 6.13. The maximum absolute atomic E-state index is 6.22. The van der Waals surface area contributed by atoms with Crippen LogP contribution in [0.5, 0.6) is 5.75 Å². The fraction of sp³-hybridized carbons (Fsp3) is 0.182. The summed E-state index contributed by atoms with van der Waals surface area (Å²) >= 11 is 24.3. The standard InChI is InChI=1S/C22H19Cl4NO/c23-18-4-1-15(2-5-18)14-28-22-8-7-19(24)11-17(22)13-27-10-9-16-3-6-20(25)12-21(16)26/h1-8,11-12,27H,9-10,13-14H2. The van der Waals surface area contributed by atoms with E-state index in [4.69, 9.17) is 51.1 Å². The van der Waals surface area contributed by atoms with Crippen molar-refractivity contribution in [1.82, 2.24) is 5.32 Å². The summed E-state index contributed by atoms with van der Waals surface area (Å²) in [6.45, 7) is 1.87. The molecule has 0 fully saturated rings. The quantitative estimate of drug-likeness (QED) is 0.363. The van der Waals surface area contributed by atoms with E-state index in [0.29, 0.717) is 33.2 Å². The largest absolute Gasteiger partial charge is 0.489 e. The van der Waals surface area contributed by atoms with Gasteiger partial charge in [0.15, 0.2) is 0 Å². The van der Waals surface area contributed by atoms with E-state index in [1.165, 1.54) is 0 Å². The van der Waals surface area contributed by atoms with Gasteiger partial charge in [0.1, 0.15) is 12.4 Å². The monoisotopic (exact) mass is 453 g/mol. The number of ether oxygens (including phenoxy) is 1. The van der Waals surface area contributed by atoms with E-state index in [-0.39, 0.29) is 0 Å². The van der Waals surface area contributed by atoms with Crippen LogP contribution in [0, 0.1) is 0 Å². The maximum Gasteiger partial charge on any atom is 0.124 e. The fourth-order valence-electron chi connectivity index (χ4n) is 2.74. The number of halogens is 4. The van der Waals surface area contributed by atoms with Crippen molar-refractivity contribution in [2.24, 2.45) is 0 Å². The first kappa shape index (κ1) is 21.3. The first-order valence-electron chi connectivity index (χ1n) is 8.81. The van der Waals surface area contributed by atoms with Crippen molar-refractivity contribution in [3.8, 4) is 5.75 Å². The van der Waals surface area contributed by atoms with Gasteiger partial charge in [-0.1, -0.05) is 64.6 Å². The summed E-state index contributed by atoms with van der Waals surface area (Å²) in [6, 6.07) is 18.8. The van der Waals surface area contributed by atoms with Gasteiger partial charge in [0.2, 0.25) is 0 Å². The Hall–Kier alpha value is -1.42. The minimum Gasteiger partial charge on any atom is -0.489 e. The molecule has 146 valence electrons. The molecule has 0 aromatic heterocycles. The van der Waals surface area contributed by atoms with Gasteiger partial charge in [-0.05, 0) is 66.6 Å². The lowest BCUT2D eigenvalue weighted by molar-refractivity contribution is 0.302. The predicted octanol–water partition coefficient (Wildman–Crippen LogP) is 7.21. The van der Waals surface area contributed by atoms with E-state index in [1.54, 1.807) is 6.07 Å². The van der Waals surface area contributed by atoms with Crippen molar-refractivity contribution in [3.05, 3.63) is 97.4 Å². The van der Waals surface area contributed by atoms with Gasteiger partial charge >= 0.3 is 0 Å². The van der Waals surface area contributed by atoms with Crippen molar-refractivity contribution < 1.29 is 4.74 Å². The average Bonchev–Trinajstić information content (AvgIpc) is 2.67. The van der Waals surface area contributed by atoms with Crippen LogP contribution in [0.3, 0.4) is 0 Å². The highest BCUT2D eigenvalue weighted by Crippen LogP contribution is 2.25. The second kappa shape index (κ2) is 10.4. The molecule has 1 N–H and O–H groups in total. The average molecular weight is 455 g/mol. The minimum atomic E-state index is 0.464. The van der Waals surface area contributed by atoms with Crippen molar-refractivity contribution in [3.63, 3.8) is 0 Å². The SMILES string of the molecule is Clc1ccc(COc2ccc(Cl)cc2CNCCc2ccc(Cl)cc2Cl)cc1. The van der Waals surface area contributed by atoms with Gasteiger partial charge in [-0.3, -0.25) is 0 Å². The molecule has 6 heteroatoms. The highest BCUT2D eigenvalue weighted by Gasteiger charge is 2.07. The van der Waals surface area contributed by atoms with Crippen LogP contribution in [-0.4, -0.2) is 6.54 Å². The topological polar surface area (TPSA) is 21.3 Å². The Morgan fingerprint density at radius 1 is 0.714 bits per heavy atom. The molecule has 0 aliphatic heterocycles.